The zero-order chi connectivity index (χ0) is 16.1. The van der Waals surface area contributed by atoms with Crippen LogP contribution in [-0.2, 0) is 0 Å². The van der Waals surface area contributed by atoms with Crippen molar-refractivity contribution in [3.05, 3.63) is 16.4 Å². The molecule has 1 aliphatic carbocycles. The highest BCUT2D eigenvalue weighted by Gasteiger charge is 2.29. The SMILES string of the molecule is O=[N+]([O-])c1c(NC2CCCCCC2)ncnc1N1CCCCC1. The van der Waals surface area contributed by atoms with Gasteiger partial charge in [0.2, 0.25) is 11.6 Å². The van der Waals surface area contributed by atoms with Gasteiger partial charge in [0.25, 0.3) is 0 Å². The predicted molar refractivity (Wildman–Crippen MR) is 89.9 cm³/mol. The van der Waals surface area contributed by atoms with Gasteiger partial charge in [-0.25, -0.2) is 9.97 Å². The van der Waals surface area contributed by atoms with Gasteiger partial charge in [-0.3, -0.25) is 10.1 Å². The molecule has 7 nitrogen and oxygen atoms in total. The molecule has 1 aromatic rings. The van der Waals surface area contributed by atoms with Crippen molar-refractivity contribution in [3.8, 4) is 0 Å². The number of rotatable bonds is 4. The highest BCUT2D eigenvalue weighted by Crippen LogP contribution is 2.34. The van der Waals surface area contributed by atoms with Gasteiger partial charge in [0.1, 0.15) is 6.33 Å². The smallest absolute Gasteiger partial charge is 0.353 e. The first-order chi connectivity index (χ1) is 11.3. The van der Waals surface area contributed by atoms with Gasteiger partial charge in [-0.05, 0) is 32.1 Å². The minimum atomic E-state index is -0.330. The molecule has 1 saturated heterocycles. The molecule has 1 aliphatic heterocycles. The van der Waals surface area contributed by atoms with Gasteiger partial charge in [0.15, 0.2) is 0 Å². The molecule has 7 heteroatoms. The third-order valence-corrected chi connectivity index (χ3v) is 4.84. The molecule has 0 spiro atoms. The molecule has 1 saturated carbocycles. The van der Waals surface area contributed by atoms with Crippen LogP contribution in [0.15, 0.2) is 6.33 Å². The van der Waals surface area contributed by atoms with Crippen LogP contribution in [0.5, 0.6) is 0 Å². The zero-order valence-electron chi connectivity index (χ0n) is 13.5. The van der Waals surface area contributed by atoms with E-state index in [9.17, 15) is 10.1 Å². The number of nitro groups is 1. The summed E-state index contributed by atoms with van der Waals surface area (Å²) in [6.07, 6.45) is 11.7. The van der Waals surface area contributed by atoms with Crippen molar-refractivity contribution in [1.29, 1.82) is 0 Å². The normalized spacial score (nSPS) is 20.1. The van der Waals surface area contributed by atoms with Gasteiger partial charge >= 0.3 is 5.69 Å². The monoisotopic (exact) mass is 319 g/mol. The molecule has 2 aliphatic rings. The van der Waals surface area contributed by atoms with E-state index >= 15 is 0 Å². The predicted octanol–water partition coefficient (Wildman–Crippen LogP) is 3.51. The minimum absolute atomic E-state index is 0.0404. The second kappa shape index (κ2) is 7.57. The third kappa shape index (κ3) is 3.89. The second-order valence-electron chi connectivity index (χ2n) is 6.53. The number of aromatic nitrogens is 2. The Labute approximate surface area is 136 Å². The van der Waals surface area contributed by atoms with Crippen LogP contribution in [0.2, 0.25) is 0 Å². The lowest BCUT2D eigenvalue weighted by Crippen LogP contribution is -2.31. The quantitative estimate of drug-likeness (QED) is 0.519. The van der Waals surface area contributed by atoms with E-state index in [1.165, 1.54) is 38.4 Å². The van der Waals surface area contributed by atoms with Gasteiger partial charge < -0.3 is 10.2 Å². The van der Waals surface area contributed by atoms with E-state index < -0.39 is 0 Å². The van der Waals surface area contributed by atoms with Crippen LogP contribution in [0.25, 0.3) is 0 Å². The highest BCUT2D eigenvalue weighted by molar-refractivity contribution is 5.70. The summed E-state index contributed by atoms with van der Waals surface area (Å²) < 4.78 is 0. The van der Waals surface area contributed by atoms with E-state index in [1.54, 1.807) is 0 Å². The molecule has 0 bridgehead atoms. The van der Waals surface area contributed by atoms with Crippen molar-refractivity contribution in [2.24, 2.45) is 0 Å². The molecule has 126 valence electrons. The molecule has 0 atom stereocenters. The van der Waals surface area contributed by atoms with Gasteiger partial charge in [0, 0.05) is 19.1 Å². The average molecular weight is 319 g/mol. The number of hydrogen-bond donors (Lipinski definition) is 1. The summed E-state index contributed by atoms with van der Waals surface area (Å²) in [6.45, 7) is 1.67. The lowest BCUT2D eigenvalue weighted by molar-refractivity contribution is -0.383. The van der Waals surface area contributed by atoms with E-state index in [4.69, 9.17) is 0 Å². The fourth-order valence-corrected chi connectivity index (χ4v) is 3.60. The lowest BCUT2D eigenvalue weighted by Gasteiger charge is -2.27. The number of anilines is 2. The van der Waals surface area contributed by atoms with Gasteiger partial charge in [-0.1, -0.05) is 25.7 Å². The fraction of sp³-hybridized carbons (Fsp3) is 0.750. The van der Waals surface area contributed by atoms with Crippen molar-refractivity contribution in [2.45, 2.75) is 63.8 Å². The topological polar surface area (TPSA) is 84.2 Å². The number of nitrogens with one attached hydrogen (secondary N) is 1. The van der Waals surface area contributed by atoms with Crippen molar-refractivity contribution in [3.63, 3.8) is 0 Å². The summed E-state index contributed by atoms with van der Waals surface area (Å²) in [6, 6.07) is 0.278. The molecule has 1 N–H and O–H groups in total. The first-order valence-electron chi connectivity index (χ1n) is 8.76. The Bertz CT molecular complexity index is 537. The first kappa shape index (κ1) is 16.0. The summed E-state index contributed by atoms with van der Waals surface area (Å²) in [5, 5.41) is 15.0. The van der Waals surface area contributed by atoms with Crippen LogP contribution < -0.4 is 10.2 Å². The summed E-state index contributed by atoms with van der Waals surface area (Å²) in [5.41, 5.74) is 0.0404. The van der Waals surface area contributed by atoms with E-state index in [1.807, 2.05) is 4.90 Å². The van der Waals surface area contributed by atoms with E-state index in [-0.39, 0.29) is 16.7 Å². The van der Waals surface area contributed by atoms with E-state index in [0.717, 1.165) is 38.8 Å². The summed E-state index contributed by atoms with van der Waals surface area (Å²) in [5.74, 6) is 0.860. The number of hydrogen-bond acceptors (Lipinski definition) is 6. The first-order valence-corrected chi connectivity index (χ1v) is 8.76. The van der Waals surface area contributed by atoms with Crippen LogP contribution >= 0.6 is 0 Å². The molecule has 0 aromatic carbocycles. The molecule has 1 aromatic heterocycles. The second-order valence-corrected chi connectivity index (χ2v) is 6.53. The highest BCUT2D eigenvalue weighted by atomic mass is 16.6. The Morgan fingerprint density at radius 2 is 1.70 bits per heavy atom. The molecule has 23 heavy (non-hydrogen) atoms. The summed E-state index contributed by atoms with van der Waals surface area (Å²) in [4.78, 5) is 21.8. The Morgan fingerprint density at radius 3 is 2.35 bits per heavy atom. The van der Waals surface area contributed by atoms with Crippen LogP contribution in [0.4, 0.5) is 17.3 Å². The Kier molecular flexibility index (Phi) is 5.25. The zero-order valence-corrected chi connectivity index (χ0v) is 13.5. The van der Waals surface area contributed by atoms with Crippen LogP contribution in [0, 0.1) is 10.1 Å². The molecule has 0 unspecified atom stereocenters. The van der Waals surface area contributed by atoms with E-state index in [0.29, 0.717) is 11.6 Å². The molecule has 0 radical (unpaired) electrons. The standard InChI is InChI=1S/C16H25N5O2/c22-21(23)14-15(19-13-8-4-1-2-5-9-13)17-12-18-16(14)20-10-6-3-7-11-20/h12-13H,1-11H2,(H,17,18,19). The van der Waals surface area contributed by atoms with Gasteiger partial charge in [-0.2, -0.15) is 0 Å². The third-order valence-electron chi connectivity index (χ3n) is 4.84. The maximum Gasteiger partial charge on any atom is 0.353 e. The molecular formula is C16H25N5O2. The molecule has 3 rings (SSSR count). The van der Waals surface area contributed by atoms with Crippen LogP contribution in [0.3, 0.4) is 0 Å². The largest absolute Gasteiger partial charge is 0.361 e. The average Bonchev–Trinajstić information content (AvgIpc) is 2.84. The Hall–Kier alpha value is -1.92. The lowest BCUT2D eigenvalue weighted by atomic mass is 10.1. The fourth-order valence-electron chi connectivity index (χ4n) is 3.60. The molecule has 2 heterocycles. The number of nitrogens with zero attached hydrogens (tertiary/aromatic N) is 4. The van der Waals surface area contributed by atoms with Gasteiger partial charge in [0.05, 0.1) is 4.92 Å². The molecular weight excluding hydrogens is 294 g/mol. The minimum Gasteiger partial charge on any atom is -0.361 e. The maximum absolute atomic E-state index is 11.7. The van der Waals surface area contributed by atoms with E-state index in [2.05, 4.69) is 15.3 Å². The van der Waals surface area contributed by atoms with Crippen LogP contribution in [0.1, 0.15) is 57.8 Å². The summed E-state index contributed by atoms with van der Waals surface area (Å²) in [7, 11) is 0. The van der Waals surface area contributed by atoms with Crippen molar-refractivity contribution in [1.82, 2.24) is 9.97 Å². The van der Waals surface area contributed by atoms with Crippen LogP contribution in [-0.4, -0.2) is 34.0 Å². The van der Waals surface area contributed by atoms with Gasteiger partial charge in [-0.15, -0.1) is 0 Å². The van der Waals surface area contributed by atoms with Crippen molar-refractivity contribution in [2.75, 3.05) is 23.3 Å². The molecule has 2 fully saturated rings. The summed E-state index contributed by atoms with van der Waals surface area (Å²) >= 11 is 0. The Morgan fingerprint density at radius 1 is 1.04 bits per heavy atom. The van der Waals surface area contributed by atoms with Crippen molar-refractivity contribution >= 4 is 17.3 Å². The number of piperidine rings is 1. The Balaban J connectivity index is 1.85. The van der Waals surface area contributed by atoms with Crippen molar-refractivity contribution < 1.29 is 4.92 Å². The molecule has 0 amide bonds. The maximum atomic E-state index is 11.7.